The topological polar surface area (TPSA) is 67.2 Å². The number of likely N-dealkylation sites (tertiary alicyclic amines) is 1. The Labute approximate surface area is 125 Å². The molecule has 1 aliphatic rings. The molecule has 21 heavy (non-hydrogen) atoms. The highest BCUT2D eigenvalue weighted by molar-refractivity contribution is 5.95. The summed E-state index contributed by atoms with van der Waals surface area (Å²) in [7, 11) is 1.72. The van der Waals surface area contributed by atoms with Crippen LogP contribution in [0.2, 0.25) is 0 Å². The van der Waals surface area contributed by atoms with Crippen LogP contribution in [0, 0.1) is 18.8 Å². The van der Waals surface area contributed by atoms with Crippen LogP contribution in [-0.2, 0) is 11.8 Å². The summed E-state index contributed by atoms with van der Waals surface area (Å²) in [5.41, 5.74) is 1.26. The molecule has 0 unspecified atom stereocenters. The van der Waals surface area contributed by atoms with E-state index in [0.717, 1.165) is 25.2 Å². The normalized spacial score (nSPS) is 22.2. The van der Waals surface area contributed by atoms with E-state index < -0.39 is 0 Å². The fourth-order valence-electron chi connectivity index (χ4n) is 3.05. The zero-order valence-electron chi connectivity index (χ0n) is 13.2. The third-order valence-corrected chi connectivity index (χ3v) is 3.86. The molecule has 1 saturated heterocycles. The highest BCUT2D eigenvalue weighted by Crippen LogP contribution is 2.20. The second-order valence-electron chi connectivity index (χ2n) is 6.22. The fraction of sp³-hybridized carbons (Fsp3) is 0.667. The molecule has 1 aromatic heterocycles. The first-order valence-electron chi connectivity index (χ1n) is 7.43. The van der Waals surface area contributed by atoms with Crippen LogP contribution in [0.4, 0.5) is 0 Å². The highest BCUT2D eigenvalue weighted by atomic mass is 16.2. The van der Waals surface area contributed by atoms with E-state index in [9.17, 15) is 9.59 Å². The van der Waals surface area contributed by atoms with Crippen LogP contribution in [0.3, 0.4) is 0 Å². The van der Waals surface area contributed by atoms with Crippen molar-refractivity contribution in [1.82, 2.24) is 20.0 Å². The molecule has 116 valence electrons. The van der Waals surface area contributed by atoms with Gasteiger partial charge in [-0.3, -0.25) is 14.3 Å². The van der Waals surface area contributed by atoms with Crippen LogP contribution >= 0.6 is 0 Å². The van der Waals surface area contributed by atoms with Crippen LogP contribution in [0.25, 0.3) is 0 Å². The molecule has 0 aromatic carbocycles. The molecule has 0 spiro atoms. The Balaban J connectivity index is 1.89. The van der Waals surface area contributed by atoms with Crippen LogP contribution in [-0.4, -0.2) is 46.1 Å². The van der Waals surface area contributed by atoms with Gasteiger partial charge in [0.25, 0.3) is 5.91 Å². The summed E-state index contributed by atoms with van der Waals surface area (Å²) in [4.78, 5) is 26.1. The van der Waals surface area contributed by atoms with E-state index in [1.54, 1.807) is 13.1 Å². The third kappa shape index (κ3) is 3.83. The van der Waals surface area contributed by atoms with Crippen molar-refractivity contribution in [2.75, 3.05) is 19.6 Å². The first-order valence-corrected chi connectivity index (χ1v) is 7.43. The Morgan fingerprint density at radius 2 is 1.95 bits per heavy atom. The van der Waals surface area contributed by atoms with Crippen molar-refractivity contribution < 1.29 is 9.59 Å². The van der Waals surface area contributed by atoms with Crippen molar-refractivity contribution in [2.24, 2.45) is 18.9 Å². The summed E-state index contributed by atoms with van der Waals surface area (Å²) in [6.07, 6.45) is 1.16. The van der Waals surface area contributed by atoms with E-state index in [4.69, 9.17) is 0 Å². The molecule has 2 rings (SSSR count). The Morgan fingerprint density at radius 1 is 1.33 bits per heavy atom. The number of rotatable bonds is 3. The molecule has 2 atom stereocenters. The molecule has 1 aromatic rings. The number of aryl methyl sites for hydroxylation is 2. The smallest absolute Gasteiger partial charge is 0.269 e. The standard InChI is InChI=1S/C15H24N4O2/c1-10-5-11(2)9-19(8-10)14(20)7-16-15(21)13-6-12(3)17-18(13)4/h6,10-11H,5,7-9H2,1-4H3,(H,16,21)/t10-,11-/m0/s1. The average Bonchev–Trinajstić information content (AvgIpc) is 2.73. The van der Waals surface area contributed by atoms with Gasteiger partial charge in [0, 0.05) is 20.1 Å². The molecule has 0 saturated carbocycles. The molecule has 2 amide bonds. The maximum Gasteiger partial charge on any atom is 0.269 e. The Kier molecular flexibility index (Phi) is 4.65. The van der Waals surface area contributed by atoms with Crippen molar-refractivity contribution >= 4 is 11.8 Å². The lowest BCUT2D eigenvalue weighted by molar-refractivity contribution is -0.132. The Hall–Kier alpha value is -1.85. The van der Waals surface area contributed by atoms with Gasteiger partial charge >= 0.3 is 0 Å². The van der Waals surface area contributed by atoms with Gasteiger partial charge in [0.15, 0.2) is 0 Å². The van der Waals surface area contributed by atoms with Gasteiger partial charge in [0.05, 0.1) is 12.2 Å². The molecule has 0 aliphatic carbocycles. The van der Waals surface area contributed by atoms with E-state index in [2.05, 4.69) is 24.3 Å². The van der Waals surface area contributed by atoms with Gasteiger partial charge in [-0.2, -0.15) is 5.10 Å². The van der Waals surface area contributed by atoms with Gasteiger partial charge in [-0.25, -0.2) is 0 Å². The Morgan fingerprint density at radius 3 is 2.48 bits per heavy atom. The average molecular weight is 292 g/mol. The monoisotopic (exact) mass is 292 g/mol. The number of piperidine rings is 1. The summed E-state index contributed by atoms with van der Waals surface area (Å²) in [6.45, 7) is 7.76. The SMILES string of the molecule is Cc1cc(C(=O)NCC(=O)N2C[C@@H](C)C[C@H](C)C2)n(C)n1. The molecule has 1 N–H and O–H groups in total. The molecule has 0 radical (unpaired) electrons. The molecular formula is C15H24N4O2. The zero-order valence-corrected chi connectivity index (χ0v) is 13.2. The summed E-state index contributed by atoms with van der Waals surface area (Å²) in [5, 5.41) is 6.82. The van der Waals surface area contributed by atoms with Crippen LogP contribution in [0.15, 0.2) is 6.07 Å². The minimum atomic E-state index is -0.260. The molecule has 2 heterocycles. The first-order chi connectivity index (χ1) is 9.86. The van der Waals surface area contributed by atoms with Crippen LogP contribution < -0.4 is 5.32 Å². The number of hydrogen-bond donors (Lipinski definition) is 1. The molecule has 1 aliphatic heterocycles. The lowest BCUT2D eigenvalue weighted by Crippen LogP contribution is -2.47. The summed E-state index contributed by atoms with van der Waals surface area (Å²) in [6, 6.07) is 1.71. The van der Waals surface area contributed by atoms with Gasteiger partial charge in [-0.05, 0) is 31.2 Å². The highest BCUT2D eigenvalue weighted by Gasteiger charge is 2.25. The zero-order chi connectivity index (χ0) is 15.6. The third-order valence-electron chi connectivity index (χ3n) is 3.86. The number of hydrogen-bond acceptors (Lipinski definition) is 3. The number of amides is 2. The molecule has 0 bridgehead atoms. The van der Waals surface area contributed by atoms with E-state index in [0.29, 0.717) is 17.5 Å². The minimum Gasteiger partial charge on any atom is -0.342 e. The predicted octanol–water partition coefficient (Wildman–Crippen LogP) is 0.963. The number of aromatic nitrogens is 2. The number of carbonyl (C=O) groups excluding carboxylic acids is 2. The van der Waals surface area contributed by atoms with E-state index in [1.165, 1.54) is 4.68 Å². The van der Waals surface area contributed by atoms with Gasteiger partial charge in [-0.1, -0.05) is 13.8 Å². The molecule has 6 heteroatoms. The van der Waals surface area contributed by atoms with Crippen LogP contribution in [0.5, 0.6) is 0 Å². The Bertz CT molecular complexity index is 528. The summed E-state index contributed by atoms with van der Waals surface area (Å²) >= 11 is 0. The van der Waals surface area contributed by atoms with Gasteiger partial charge in [-0.15, -0.1) is 0 Å². The van der Waals surface area contributed by atoms with Crippen molar-refractivity contribution in [1.29, 1.82) is 0 Å². The molecule has 6 nitrogen and oxygen atoms in total. The second-order valence-corrected chi connectivity index (χ2v) is 6.22. The van der Waals surface area contributed by atoms with E-state index in [-0.39, 0.29) is 18.4 Å². The lowest BCUT2D eigenvalue weighted by atomic mass is 9.92. The lowest BCUT2D eigenvalue weighted by Gasteiger charge is -2.35. The second kappa shape index (κ2) is 6.28. The number of carbonyl (C=O) groups is 2. The first kappa shape index (κ1) is 15.5. The van der Waals surface area contributed by atoms with Crippen LogP contribution in [0.1, 0.15) is 36.5 Å². The summed E-state index contributed by atoms with van der Waals surface area (Å²) in [5.74, 6) is 0.770. The van der Waals surface area contributed by atoms with E-state index >= 15 is 0 Å². The number of nitrogens with zero attached hydrogens (tertiary/aromatic N) is 3. The fourth-order valence-corrected chi connectivity index (χ4v) is 3.05. The maximum absolute atomic E-state index is 12.2. The van der Waals surface area contributed by atoms with Gasteiger partial charge in [0.2, 0.25) is 5.91 Å². The maximum atomic E-state index is 12.2. The van der Waals surface area contributed by atoms with Crippen molar-refractivity contribution in [3.63, 3.8) is 0 Å². The minimum absolute atomic E-state index is 0.0133. The van der Waals surface area contributed by atoms with Crippen molar-refractivity contribution in [3.05, 3.63) is 17.5 Å². The van der Waals surface area contributed by atoms with E-state index in [1.807, 2.05) is 11.8 Å². The number of nitrogens with one attached hydrogen (secondary N) is 1. The van der Waals surface area contributed by atoms with Crippen molar-refractivity contribution in [2.45, 2.75) is 27.2 Å². The predicted molar refractivity (Wildman–Crippen MR) is 79.8 cm³/mol. The summed E-state index contributed by atoms with van der Waals surface area (Å²) < 4.78 is 1.53. The molecule has 1 fully saturated rings. The largest absolute Gasteiger partial charge is 0.342 e. The quantitative estimate of drug-likeness (QED) is 0.902. The van der Waals surface area contributed by atoms with Crippen molar-refractivity contribution in [3.8, 4) is 0 Å². The van der Waals surface area contributed by atoms with Gasteiger partial charge in [0.1, 0.15) is 5.69 Å². The molecular weight excluding hydrogens is 268 g/mol. The van der Waals surface area contributed by atoms with Gasteiger partial charge < -0.3 is 10.2 Å².